The van der Waals surface area contributed by atoms with Crippen molar-refractivity contribution in [3.8, 4) is 11.5 Å². The number of phenolic OH excluding ortho intramolecular Hbond substituents is 2. The van der Waals surface area contributed by atoms with E-state index < -0.39 is 46.4 Å². The van der Waals surface area contributed by atoms with Gasteiger partial charge in [-0.15, -0.1) is 11.8 Å². The van der Waals surface area contributed by atoms with Crippen LogP contribution in [0.4, 0.5) is 8.78 Å². The monoisotopic (exact) mass is 358 g/mol. The number of hydrogen-bond donors (Lipinski definition) is 4. The predicted octanol–water partition coefficient (Wildman–Crippen LogP) is 0.500. The van der Waals surface area contributed by atoms with Crippen LogP contribution in [0.5, 0.6) is 11.5 Å². The zero-order valence-electron chi connectivity index (χ0n) is 12.0. The number of nitrogens with two attached hydrogens (primary N) is 1. The van der Waals surface area contributed by atoms with Gasteiger partial charge in [0.15, 0.2) is 23.1 Å². The minimum absolute atomic E-state index is 0.159. The van der Waals surface area contributed by atoms with E-state index in [0.717, 1.165) is 4.90 Å². The van der Waals surface area contributed by atoms with Crippen LogP contribution in [0.15, 0.2) is 17.3 Å². The molecule has 0 aliphatic carbocycles. The number of rotatable bonds is 3. The largest absolute Gasteiger partial charge is 0.502 e. The summed E-state index contributed by atoms with van der Waals surface area (Å²) in [6.07, 6.45) is -0.336. The van der Waals surface area contributed by atoms with E-state index in [4.69, 9.17) is 10.8 Å². The second-order valence-corrected chi connectivity index (χ2v) is 6.50. The molecule has 1 fully saturated rings. The second kappa shape index (κ2) is 5.64. The number of fused-ring (bicyclic) bond motifs is 1. The highest BCUT2D eigenvalue weighted by Gasteiger charge is 2.51. The predicted molar refractivity (Wildman–Crippen MR) is 79.1 cm³/mol. The Hall–Kier alpha value is -2.33. The number of phenols is 2. The lowest BCUT2D eigenvalue weighted by molar-refractivity contribution is -0.148. The highest BCUT2D eigenvalue weighted by molar-refractivity contribution is 8.00. The van der Waals surface area contributed by atoms with E-state index in [1.165, 1.54) is 11.8 Å². The first kappa shape index (κ1) is 16.5. The molecule has 128 valence electrons. The average molecular weight is 358 g/mol. The van der Waals surface area contributed by atoms with Crippen LogP contribution in [-0.4, -0.2) is 49.3 Å². The van der Waals surface area contributed by atoms with Crippen molar-refractivity contribution in [1.29, 1.82) is 0 Å². The summed E-state index contributed by atoms with van der Waals surface area (Å²) in [5.41, 5.74) is 5.17. The molecule has 7 nitrogen and oxygen atoms in total. The molecule has 10 heteroatoms. The summed E-state index contributed by atoms with van der Waals surface area (Å²) in [6.45, 7) is 0. The average Bonchev–Trinajstić information content (AvgIpc) is 2.56. The Labute approximate surface area is 138 Å². The third kappa shape index (κ3) is 2.29. The molecule has 0 aromatic heterocycles. The smallest absolute Gasteiger partial charge is 0.352 e. The first-order chi connectivity index (χ1) is 11.2. The fourth-order valence-corrected chi connectivity index (χ4v) is 4.02. The van der Waals surface area contributed by atoms with Gasteiger partial charge in [0.1, 0.15) is 17.1 Å². The third-order valence-corrected chi connectivity index (χ3v) is 5.30. The Morgan fingerprint density at radius 3 is 2.67 bits per heavy atom. The number of benzene rings is 1. The summed E-state index contributed by atoms with van der Waals surface area (Å²) in [5.74, 6) is -6.71. The summed E-state index contributed by atoms with van der Waals surface area (Å²) in [5, 5.41) is 27.4. The first-order valence-corrected chi connectivity index (χ1v) is 7.83. The van der Waals surface area contributed by atoms with Gasteiger partial charge in [0.2, 0.25) is 5.91 Å². The van der Waals surface area contributed by atoms with E-state index in [9.17, 15) is 28.6 Å². The zero-order valence-corrected chi connectivity index (χ0v) is 12.8. The lowest BCUT2D eigenvalue weighted by Crippen LogP contribution is -2.68. The first-order valence-electron chi connectivity index (χ1n) is 6.78. The molecule has 2 atom stereocenters. The summed E-state index contributed by atoms with van der Waals surface area (Å²) in [4.78, 5) is 24.4. The van der Waals surface area contributed by atoms with Crippen molar-refractivity contribution in [2.45, 2.75) is 17.8 Å². The number of carbonyl (C=O) groups is 2. The van der Waals surface area contributed by atoms with Gasteiger partial charge in [0.25, 0.3) is 0 Å². The van der Waals surface area contributed by atoms with Gasteiger partial charge in [-0.3, -0.25) is 9.69 Å². The molecule has 24 heavy (non-hydrogen) atoms. The molecule has 1 unspecified atom stereocenters. The van der Waals surface area contributed by atoms with Crippen LogP contribution < -0.4 is 5.73 Å². The number of hydrogen-bond acceptors (Lipinski definition) is 6. The second-order valence-electron chi connectivity index (χ2n) is 5.40. The fraction of sp³-hybridized carbons (Fsp3) is 0.286. The van der Waals surface area contributed by atoms with Crippen LogP contribution in [0.25, 0.3) is 0 Å². The summed E-state index contributed by atoms with van der Waals surface area (Å²) in [7, 11) is 0. The van der Waals surface area contributed by atoms with Gasteiger partial charge in [-0.05, 0) is 23.6 Å². The number of aliphatic carboxylic acids is 1. The number of carboxylic acid groups (broad SMARTS) is 1. The van der Waals surface area contributed by atoms with Gasteiger partial charge in [0, 0.05) is 5.75 Å². The number of aromatic hydroxyl groups is 2. The minimum Gasteiger partial charge on any atom is -0.502 e. The van der Waals surface area contributed by atoms with Crippen molar-refractivity contribution in [1.82, 2.24) is 4.90 Å². The Balaban J connectivity index is 2.02. The normalized spacial score (nSPS) is 23.1. The van der Waals surface area contributed by atoms with Gasteiger partial charge in [-0.25, -0.2) is 13.6 Å². The van der Waals surface area contributed by atoms with E-state index in [1.807, 2.05) is 0 Å². The number of carboxylic acids is 1. The molecule has 1 aromatic rings. The Kier molecular flexibility index (Phi) is 3.88. The van der Waals surface area contributed by atoms with Gasteiger partial charge in [-0.2, -0.15) is 0 Å². The molecular weight excluding hydrogens is 346 g/mol. The molecule has 0 spiro atoms. The van der Waals surface area contributed by atoms with Crippen molar-refractivity contribution >= 4 is 23.6 Å². The van der Waals surface area contributed by atoms with Gasteiger partial charge in [0.05, 0.1) is 0 Å². The number of β-lactam (4-membered cyclic amide) rings is 1. The van der Waals surface area contributed by atoms with Crippen LogP contribution >= 0.6 is 11.8 Å². The van der Waals surface area contributed by atoms with Crippen LogP contribution in [-0.2, 0) is 16.0 Å². The van der Waals surface area contributed by atoms with Crippen molar-refractivity contribution < 1.29 is 33.7 Å². The van der Waals surface area contributed by atoms with Crippen LogP contribution in [0.2, 0.25) is 0 Å². The summed E-state index contributed by atoms with van der Waals surface area (Å²) in [6, 6.07) is -0.116. The van der Waals surface area contributed by atoms with Crippen molar-refractivity contribution in [2.75, 3.05) is 5.75 Å². The van der Waals surface area contributed by atoms with Crippen LogP contribution in [0, 0.1) is 11.6 Å². The molecule has 1 saturated heterocycles. The van der Waals surface area contributed by atoms with E-state index in [-0.39, 0.29) is 29.0 Å². The Bertz CT molecular complexity index is 798. The van der Waals surface area contributed by atoms with Crippen molar-refractivity contribution in [3.05, 3.63) is 34.5 Å². The maximum atomic E-state index is 14.0. The third-order valence-electron chi connectivity index (χ3n) is 3.94. The van der Waals surface area contributed by atoms with E-state index in [1.54, 1.807) is 0 Å². The molecule has 1 amide bonds. The van der Waals surface area contributed by atoms with E-state index in [2.05, 4.69) is 0 Å². The zero-order chi connectivity index (χ0) is 17.8. The van der Waals surface area contributed by atoms with Crippen LogP contribution in [0.1, 0.15) is 5.56 Å². The maximum absolute atomic E-state index is 14.0. The summed E-state index contributed by atoms with van der Waals surface area (Å²) < 4.78 is 27.5. The molecule has 2 aliphatic rings. The molecule has 2 aliphatic heterocycles. The Morgan fingerprint density at radius 1 is 1.38 bits per heavy atom. The summed E-state index contributed by atoms with van der Waals surface area (Å²) >= 11 is 1.22. The van der Waals surface area contributed by atoms with E-state index in [0.29, 0.717) is 6.07 Å². The molecule has 1 aromatic carbocycles. The molecular formula is C14H12F2N2O5S. The number of amides is 1. The van der Waals surface area contributed by atoms with Crippen molar-refractivity contribution in [2.24, 2.45) is 5.73 Å². The van der Waals surface area contributed by atoms with Gasteiger partial charge >= 0.3 is 5.97 Å². The number of carbonyl (C=O) groups excluding carboxylic acids is 1. The molecule has 0 radical (unpaired) electrons. The van der Waals surface area contributed by atoms with Gasteiger partial charge in [-0.1, -0.05) is 0 Å². The fourth-order valence-electron chi connectivity index (χ4n) is 2.73. The highest BCUT2D eigenvalue weighted by atomic mass is 32.2. The molecule has 0 bridgehead atoms. The lowest BCUT2D eigenvalue weighted by Gasteiger charge is -2.48. The minimum atomic E-state index is -1.38. The molecule has 0 saturated carbocycles. The van der Waals surface area contributed by atoms with Gasteiger partial charge < -0.3 is 21.1 Å². The number of halogens is 2. The molecule has 5 N–H and O–H groups in total. The standard InChI is InChI=1S/C14H12F2N2O5S/c15-6-2-4(7(16)11(20)10(6)19)1-5-3-24-13-8(17)12(21)18(13)9(5)14(22)23/h2,8,13,19-20H,1,3,17H2,(H,22,23)/t8?,13-/m1/s1. The molecule has 3 rings (SSSR count). The van der Waals surface area contributed by atoms with E-state index >= 15 is 0 Å². The van der Waals surface area contributed by atoms with Crippen molar-refractivity contribution in [3.63, 3.8) is 0 Å². The molecule has 2 heterocycles. The van der Waals surface area contributed by atoms with Crippen LogP contribution in [0.3, 0.4) is 0 Å². The SMILES string of the molecule is NC1C(=O)N2C(C(=O)O)=C(Cc3cc(F)c(O)c(O)c3F)CS[C@H]12. The lowest BCUT2D eigenvalue weighted by atomic mass is 9.98. The topological polar surface area (TPSA) is 124 Å². The number of nitrogens with zero attached hydrogens (tertiary/aromatic N) is 1. The maximum Gasteiger partial charge on any atom is 0.352 e. The quantitative estimate of drug-likeness (QED) is 0.458. The number of thioether (sulfide) groups is 1. The Morgan fingerprint density at radius 2 is 2.04 bits per heavy atom. The highest BCUT2D eigenvalue weighted by Crippen LogP contribution is 2.41.